The molecule has 1 heterocycles. The molecule has 1 N–H and O–H groups in total. The van der Waals surface area contributed by atoms with Gasteiger partial charge in [0.2, 0.25) is 0 Å². The van der Waals surface area contributed by atoms with Crippen molar-refractivity contribution in [1.29, 1.82) is 0 Å². The molecule has 0 aliphatic carbocycles. The highest BCUT2D eigenvalue weighted by atomic mass is 16.5. The summed E-state index contributed by atoms with van der Waals surface area (Å²) < 4.78 is 5.62. The lowest BCUT2D eigenvalue weighted by atomic mass is 10.1. The number of H-pyrrole nitrogens is 1. The number of benzene rings is 1. The van der Waals surface area contributed by atoms with Crippen LogP contribution >= 0.6 is 0 Å². The van der Waals surface area contributed by atoms with Gasteiger partial charge in [0, 0.05) is 5.56 Å². The number of aromatic nitrogens is 2. The Bertz CT molecular complexity index is 460. The fourth-order valence-electron chi connectivity index (χ4n) is 1.69. The Morgan fingerprint density at radius 2 is 1.84 bits per heavy atom. The molecule has 0 spiro atoms. The second-order valence-corrected chi connectivity index (χ2v) is 4.15. The van der Waals surface area contributed by atoms with Crippen molar-refractivity contribution in [1.82, 2.24) is 10.2 Å². The molecule has 0 atom stereocenters. The fraction of sp³-hybridized carbons (Fsp3) is 0.438. The largest absolute Gasteiger partial charge is 0.494 e. The molecule has 1 aromatic heterocycles. The molecule has 0 bridgehead atoms. The molecular weight excluding hydrogens is 236 g/mol. The van der Waals surface area contributed by atoms with E-state index < -0.39 is 0 Å². The van der Waals surface area contributed by atoms with E-state index in [1.807, 2.05) is 39.1 Å². The van der Waals surface area contributed by atoms with Crippen molar-refractivity contribution in [2.24, 2.45) is 0 Å². The summed E-state index contributed by atoms with van der Waals surface area (Å²) in [5.74, 6) is 0.930. The van der Waals surface area contributed by atoms with Gasteiger partial charge < -0.3 is 4.74 Å². The topological polar surface area (TPSA) is 37.9 Å². The zero-order chi connectivity index (χ0) is 14.1. The summed E-state index contributed by atoms with van der Waals surface area (Å²) in [4.78, 5) is 0. The Kier molecular flexibility index (Phi) is 6.72. The monoisotopic (exact) mass is 260 g/mol. The number of rotatable bonds is 5. The lowest BCUT2D eigenvalue weighted by Gasteiger charge is -2.06. The second kappa shape index (κ2) is 8.35. The minimum atomic E-state index is 0.791. The molecule has 0 amide bonds. The van der Waals surface area contributed by atoms with Gasteiger partial charge in [-0.1, -0.05) is 27.2 Å². The highest BCUT2D eigenvalue weighted by molar-refractivity contribution is 5.62. The van der Waals surface area contributed by atoms with E-state index >= 15 is 0 Å². The van der Waals surface area contributed by atoms with Crippen LogP contribution in [0.15, 0.2) is 30.5 Å². The normalized spacial score (nSPS) is 9.68. The molecule has 0 radical (unpaired) electrons. The number of aryl methyl sites for hydroxylation is 1. The van der Waals surface area contributed by atoms with Crippen LogP contribution in [-0.4, -0.2) is 16.8 Å². The van der Waals surface area contributed by atoms with Gasteiger partial charge in [-0.2, -0.15) is 5.10 Å². The Hall–Kier alpha value is -1.77. The molecule has 1 aromatic carbocycles. The van der Waals surface area contributed by atoms with Crippen LogP contribution in [-0.2, 0) is 0 Å². The number of unbranched alkanes of at least 4 members (excludes halogenated alkanes) is 1. The third-order valence-electron chi connectivity index (χ3n) is 2.74. The number of hydrogen-bond acceptors (Lipinski definition) is 2. The molecule has 2 aromatic rings. The van der Waals surface area contributed by atoms with E-state index in [9.17, 15) is 0 Å². The van der Waals surface area contributed by atoms with E-state index in [-0.39, 0.29) is 0 Å². The van der Waals surface area contributed by atoms with Gasteiger partial charge in [0.05, 0.1) is 18.5 Å². The molecule has 0 aliphatic heterocycles. The number of aromatic amines is 1. The molecule has 3 heteroatoms. The number of nitrogens with zero attached hydrogens (tertiary/aromatic N) is 1. The van der Waals surface area contributed by atoms with Crippen molar-refractivity contribution in [3.8, 4) is 17.0 Å². The van der Waals surface area contributed by atoms with Gasteiger partial charge in [-0.3, -0.25) is 5.10 Å². The zero-order valence-corrected chi connectivity index (χ0v) is 12.4. The average molecular weight is 260 g/mol. The molecule has 0 saturated heterocycles. The van der Waals surface area contributed by atoms with Gasteiger partial charge in [0.15, 0.2) is 0 Å². The Morgan fingerprint density at radius 1 is 1.16 bits per heavy atom. The summed E-state index contributed by atoms with van der Waals surface area (Å²) in [7, 11) is 0. The predicted molar refractivity (Wildman–Crippen MR) is 80.5 cm³/mol. The average Bonchev–Trinajstić information content (AvgIpc) is 2.88. The van der Waals surface area contributed by atoms with Crippen LogP contribution in [0.2, 0.25) is 0 Å². The molecular formula is C16H24N2O. The molecule has 2 rings (SSSR count). The van der Waals surface area contributed by atoms with Crippen LogP contribution in [0, 0.1) is 6.92 Å². The Balaban J connectivity index is 0.000000861. The van der Waals surface area contributed by atoms with Gasteiger partial charge in [-0.15, -0.1) is 0 Å². The van der Waals surface area contributed by atoms with Crippen molar-refractivity contribution in [2.75, 3.05) is 6.61 Å². The fourth-order valence-corrected chi connectivity index (χ4v) is 1.69. The van der Waals surface area contributed by atoms with Crippen LogP contribution in [0.4, 0.5) is 0 Å². The van der Waals surface area contributed by atoms with Crippen molar-refractivity contribution >= 4 is 0 Å². The smallest absolute Gasteiger partial charge is 0.119 e. The molecule has 0 unspecified atom stereocenters. The number of hydrogen-bond donors (Lipinski definition) is 1. The van der Waals surface area contributed by atoms with E-state index in [1.54, 1.807) is 0 Å². The van der Waals surface area contributed by atoms with Gasteiger partial charge in [-0.05, 0) is 43.2 Å². The lowest BCUT2D eigenvalue weighted by molar-refractivity contribution is 0.309. The molecule has 0 aliphatic rings. The summed E-state index contributed by atoms with van der Waals surface area (Å²) in [6.07, 6.45) is 4.09. The summed E-state index contributed by atoms with van der Waals surface area (Å²) >= 11 is 0. The summed E-state index contributed by atoms with van der Waals surface area (Å²) in [6, 6.07) is 8.13. The lowest BCUT2D eigenvalue weighted by Crippen LogP contribution is -1.96. The first-order valence-corrected chi connectivity index (χ1v) is 7.04. The number of ether oxygens (including phenoxy) is 1. The summed E-state index contributed by atoms with van der Waals surface area (Å²) in [5, 5.41) is 7.03. The molecule has 19 heavy (non-hydrogen) atoms. The van der Waals surface area contributed by atoms with Gasteiger partial charge in [0.25, 0.3) is 0 Å². The van der Waals surface area contributed by atoms with Crippen LogP contribution < -0.4 is 4.74 Å². The van der Waals surface area contributed by atoms with E-state index in [4.69, 9.17) is 4.74 Å². The van der Waals surface area contributed by atoms with Crippen molar-refractivity contribution in [2.45, 2.75) is 40.5 Å². The van der Waals surface area contributed by atoms with E-state index in [1.165, 1.54) is 0 Å². The maximum atomic E-state index is 5.62. The minimum Gasteiger partial charge on any atom is -0.494 e. The first-order chi connectivity index (χ1) is 9.31. The third-order valence-corrected chi connectivity index (χ3v) is 2.74. The summed E-state index contributed by atoms with van der Waals surface area (Å²) in [5.41, 5.74) is 3.37. The second-order valence-electron chi connectivity index (χ2n) is 4.15. The zero-order valence-electron chi connectivity index (χ0n) is 12.4. The Morgan fingerprint density at radius 3 is 2.37 bits per heavy atom. The van der Waals surface area contributed by atoms with Crippen LogP contribution in [0.3, 0.4) is 0 Å². The van der Waals surface area contributed by atoms with Gasteiger partial charge >= 0.3 is 0 Å². The highest BCUT2D eigenvalue weighted by Crippen LogP contribution is 2.23. The quantitative estimate of drug-likeness (QED) is 0.798. The SMILES string of the molecule is CC.CCCCOc1ccc(-c2[nH]ncc2C)cc1. The number of nitrogens with one attached hydrogen (secondary N) is 1. The highest BCUT2D eigenvalue weighted by Gasteiger charge is 2.03. The minimum absolute atomic E-state index is 0.791. The predicted octanol–water partition coefficient (Wildman–Crippen LogP) is 4.59. The first-order valence-electron chi connectivity index (χ1n) is 7.04. The Labute approximate surface area is 116 Å². The van der Waals surface area contributed by atoms with Gasteiger partial charge in [0.1, 0.15) is 5.75 Å². The third kappa shape index (κ3) is 4.43. The van der Waals surface area contributed by atoms with E-state index in [2.05, 4.69) is 29.3 Å². The van der Waals surface area contributed by atoms with Crippen molar-refractivity contribution in [3.05, 3.63) is 36.0 Å². The first kappa shape index (κ1) is 15.3. The standard InChI is InChI=1S/C14H18N2O.C2H6/c1-3-4-9-17-13-7-5-12(6-8-13)14-11(2)10-15-16-14;1-2/h5-8,10H,3-4,9H2,1-2H3,(H,15,16);1-2H3. The van der Waals surface area contributed by atoms with Crippen molar-refractivity contribution in [3.63, 3.8) is 0 Å². The van der Waals surface area contributed by atoms with Crippen LogP contribution in [0.25, 0.3) is 11.3 Å². The van der Waals surface area contributed by atoms with Crippen LogP contribution in [0.1, 0.15) is 39.2 Å². The van der Waals surface area contributed by atoms with Gasteiger partial charge in [-0.25, -0.2) is 0 Å². The van der Waals surface area contributed by atoms with E-state index in [0.717, 1.165) is 42.0 Å². The summed E-state index contributed by atoms with van der Waals surface area (Å²) in [6.45, 7) is 9.00. The van der Waals surface area contributed by atoms with Crippen molar-refractivity contribution < 1.29 is 4.74 Å². The maximum absolute atomic E-state index is 5.62. The molecule has 0 fully saturated rings. The molecule has 3 nitrogen and oxygen atoms in total. The molecule has 0 saturated carbocycles. The van der Waals surface area contributed by atoms with E-state index in [0.29, 0.717) is 0 Å². The van der Waals surface area contributed by atoms with Crippen LogP contribution in [0.5, 0.6) is 5.75 Å². The maximum Gasteiger partial charge on any atom is 0.119 e. The molecule has 104 valence electrons.